The Kier molecular flexibility index (Phi) is 35.8. The third-order valence-electron chi connectivity index (χ3n) is 17.4. The molecule has 0 unspecified atom stereocenters. The van der Waals surface area contributed by atoms with Gasteiger partial charge in [-0.1, -0.05) is 91.6 Å². The van der Waals surface area contributed by atoms with Gasteiger partial charge in [-0.15, -0.1) is 11.8 Å². The van der Waals surface area contributed by atoms with E-state index < -0.39 is 193 Å². The largest absolute Gasteiger partial charge is 0.481 e. The van der Waals surface area contributed by atoms with E-state index in [0.717, 1.165) is 0 Å². The normalized spacial score (nSPS) is 23.0. The minimum absolute atomic E-state index is 0.00699. The number of carboxylic acid groups (broad SMARTS) is 2. The van der Waals surface area contributed by atoms with E-state index in [0.29, 0.717) is 17.0 Å². The van der Waals surface area contributed by atoms with Crippen molar-refractivity contribution in [3.8, 4) is 0 Å². The van der Waals surface area contributed by atoms with Crippen molar-refractivity contribution in [3.63, 3.8) is 0 Å². The quantitative estimate of drug-likeness (QED) is 0.0354. The van der Waals surface area contributed by atoms with Crippen molar-refractivity contribution in [1.82, 2.24) is 68.5 Å². The number of benzene rings is 1. The number of aliphatic imine (C=N–C) groups is 1. The van der Waals surface area contributed by atoms with E-state index in [1.54, 1.807) is 71.9 Å². The van der Waals surface area contributed by atoms with E-state index in [9.17, 15) is 82.4 Å². The molecule has 34 nitrogen and oxygen atoms in total. The number of aliphatic hydroxyl groups is 1. The van der Waals surface area contributed by atoms with Crippen LogP contribution in [-0.4, -0.2) is 211 Å². The number of hydrogen-bond donors (Lipinski definition) is 18. The van der Waals surface area contributed by atoms with Gasteiger partial charge in [-0.2, -0.15) is 0 Å². The summed E-state index contributed by atoms with van der Waals surface area (Å²) in [6, 6.07) is -8.69. The number of imidazole rings is 1. The number of aliphatic carboxylic acids is 2. The van der Waals surface area contributed by atoms with E-state index in [2.05, 4.69) is 73.4 Å². The molecule has 2 aliphatic heterocycles. The number of carboxylic acids is 2. The lowest BCUT2D eigenvalue weighted by atomic mass is 9.96. The highest BCUT2D eigenvalue weighted by molar-refractivity contribution is 8.14. The Bertz CT molecular complexity index is 3180. The highest BCUT2D eigenvalue weighted by Gasteiger charge is 2.40. The van der Waals surface area contributed by atoms with Crippen LogP contribution in [0.15, 0.2) is 47.8 Å². The average Bonchev–Trinajstić information content (AvgIpc) is 1.84. The zero-order valence-electron chi connectivity index (χ0n) is 58.3. The number of aromatic amines is 1. The number of carbonyl (C=O) groups is 14. The van der Waals surface area contributed by atoms with Crippen molar-refractivity contribution >= 4 is 99.6 Å². The molecule has 0 spiro atoms. The van der Waals surface area contributed by atoms with Gasteiger partial charge in [0.2, 0.25) is 70.9 Å². The maximum Gasteiger partial charge on any atom is 0.305 e. The zero-order valence-corrected chi connectivity index (χ0v) is 59.1. The van der Waals surface area contributed by atoms with Gasteiger partial charge in [0.05, 0.1) is 30.3 Å². The number of thioether (sulfide) groups is 1. The molecule has 15 atom stereocenters. The predicted octanol–water partition coefficient (Wildman–Crippen LogP) is -2.71. The fourth-order valence-corrected chi connectivity index (χ4v) is 12.2. The van der Waals surface area contributed by atoms with Crippen LogP contribution in [0.25, 0.3) is 0 Å². The SMILES string of the molecule is CC[C@H](C)[C@H](NC(=O)[C@@H](CCC(=O)O)NC(=O)[C@H](CC(C)C)NC(=O)[C@@H]1CSC([C@@H](N)[C@@H](C)CCO)=N1)C(=O)N[C@H]1CCCCNC(=O)[C@H](CC(N)=O)NC(=O)[C@@H](CC(=O)O)NC(=O)[C@H](Cc2cnc[nH]2)NC(=O)[C@@H](Cc2ccccc2)NC(=O)[C@H]([C@@H](C)CC)NC(=O)[C@@H](CCCN)NC1=O. The van der Waals surface area contributed by atoms with Crippen LogP contribution in [0, 0.1) is 23.7 Å². The summed E-state index contributed by atoms with van der Waals surface area (Å²) < 4.78 is 0. The highest BCUT2D eigenvalue weighted by atomic mass is 32.2. The number of nitrogens with two attached hydrogens (primary N) is 3. The Morgan fingerprint density at radius 3 is 1.88 bits per heavy atom. The van der Waals surface area contributed by atoms with Gasteiger partial charge in [-0.05, 0) is 87.1 Å². The average molecular weight is 1440 g/mol. The van der Waals surface area contributed by atoms with Crippen LogP contribution in [0.5, 0.6) is 0 Å². The molecule has 4 rings (SSSR count). The molecule has 21 N–H and O–H groups in total. The Balaban J connectivity index is 1.77. The van der Waals surface area contributed by atoms with Crippen LogP contribution in [0.1, 0.15) is 143 Å². The van der Waals surface area contributed by atoms with Crippen LogP contribution in [0.3, 0.4) is 0 Å². The zero-order chi connectivity index (χ0) is 75.0. The van der Waals surface area contributed by atoms with Gasteiger partial charge in [-0.25, -0.2) is 4.98 Å². The first-order valence-electron chi connectivity index (χ1n) is 34.2. The summed E-state index contributed by atoms with van der Waals surface area (Å²) in [6.45, 7) is 11.8. The second-order valence-corrected chi connectivity index (χ2v) is 27.1. The predicted molar refractivity (Wildman–Crippen MR) is 371 cm³/mol. The number of amides is 12. The molecule has 2 aliphatic rings. The van der Waals surface area contributed by atoms with Crippen LogP contribution < -0.4 is 75.7 Å². The molecule has 3 heterocycles. The van der Waals surface area contributed by atoms with E-state index >= 15 is 0 Å². The topological polar surface area (TPSA) is 551 Å². The van der Waals surface area contributed by atoms with Crippen molar-refractivity contribution in [2.24, 2.45) is 45.9 Å². The number of hydrogen-bond acceptors (Lipinski definition) is 20. The molecule has 1 saturated heterocycles. The maximum atomic E-state index is 14.9. The maximum absolute atomic E-state index is 14.9. The van der Waals surface area contributed by atoms with Gasteiger partial charge in [0, 0.05) is 50.1 Å². The fourth-order valence-electron chi connectivity index (χ4n) is 11.0. The summed E-state index contributed by atoms with van der Waals surface area (Å²) in [5.41, 5.74) is 18.7. The molecular weight excluding hydrogens is 1330 g/mol. The molecule has 0 bridgehead atoms. The number of nitrogens with one attached hydrogen (secondary N) is 12. The monoisotopic (exact) mass is 1440 g/mol. The first-order valence-corrected chi connectivity index (χ1v) is 35.2. The molecule has 1 fully saturated rings. The summed E-state index contributed by atoms with van der Waals surface area (Å²) in [7, 11) is 0. The van der Waals surface area contributed by atoms with Crippen molar-refractivity contribution in [3.05, 3.63) is 54.1 Å². The lowest BCUT2D eigenvalue weighted by molar-refractivity contribution is -0.142. The van der Waals surface area contributed by atoms with E-state index in [-0.39, 0.29) is 107 Å². The second kappa shape index (κ2) is 42.9. The fraction of sp³-hybridized carbons (Fsp3) is 0.636. The Hall–Kier alpha value is -9.09. The molecule has 0 aliphatic carbocycles. The van der Waals surface area contributed by atoms with Gasteiger partial charge < -0.3 is 96.0 Å². The molecule has 101 heavy (non-hydrogen) atoms. The molecule has 0 saturated carbocycles. The number of rotatable bonds is 32. The number of carbonyl (C=O) groups excluding carboxylic acids is 12. The minimum atomic E-state index is -1.95. The first kappa shape index (κ1) is 84.3. The minimum Gasteiger partial charge on any atom is -0.481 e. The van der Waals surface area contributed by atoms with Crippen molar-refractivity contribution in [2.45, 2.75) is 217 Å². The molecular formula is C66H103N17O17S. The molecule has 1 aromatic carbocycles. The van der Waals surface area contributed by atoms with Crippen molar-refractivity contribution < 1.29 is 82.4 Å². The summed E-state index contributed by atoms with van der Waals surface area (Å²) in [4.78, 5) is 207. The van der Waals surface area contributed by atoms with Crippen LogP contribution in [0.2, 0.25) is 0 Å². The Labute approximate surface area is 590 Å². The summed E-state index contributed by atoms with van der Waals surface area (Å²) >= 11 is 1.28. The number of primary amides is 1. The number of aromatic nitrogens is 2. The van der Waals surface area contributed by atoms with Crippen LogP contribution in [-0.2, 0) is 80.0 Å². The van der Waals surface area contributed by atoms with Gasteiger partial charge >= 0.3 is 11.9 Å². The standard InChI is InChI=1S/C66H103N17O17S/c1-8-35(5)53(83-58(93)42(20-21-50(86)87)74-59(94)43(26-34(3)4)76-63(98)48-32-101-66(81-48)52(69)37(7)22-25-84)64(99)75-40-18-13-14-24-71-55(90)46(29-49(68)85)78-62(97)47(30-51(88)89)79-61(96)45(28-39-31-70-33-72-39)77-60(95)44(27-38-16-11-10-12-17-38)80-65(100)54(36(6)9-2)82-57(92)41(19-15-23-67)73-56(40)91/h10-12,16-17,31,33-37,40-48,52-54,84H,8-9,13-15,18-30,32,67,69H2,1-7H3,(H2,68,85)(H,70,72)(H,71,90)(H,73,91)(H,74,94)(H,75,99)(H,76,98)(H,77,95)(H,78,97)(H,79,96)(H,80,100)(H,82,92)(H,83,93)(H,86,87)(H,88,89)/t35-,36-,37-,40-,41+,42+,43-,44+,45-,46-,47+,48-,52-,53-,54-/m0/s1. The summed E-state index contributed by atoms with van der Waals surface area (Å²) in [5.74, 6) is -15.9. The number of H-pyrrole nitrogens is 1. The number of aliphatic hydroxyl groups excluding tert-OH is 1. The summed E-state index contributed by atoms with van der Waals surface area (Å²) in [5, 5.41) is 58.3. The second-order valence-electron chi connectivity index (χ2n) is 26.1. The molecule has 2 aromatic rings. The Morgan fingerprint density at radius 1 is 0.673 bits per heavy atom. The third-order valence-corrected chi connectivity index (χ3v) is 18.6. The third kappa shape index (κ3) is 28.5. The van der Waals surface area contributed by atoms with Crippen molar-refractivity contribution in [1.29, 1.82) is 0 Å². The highest BCUT2D eigenvalue weighted by Crippen LogP contribution is 2.25. The molecule has 1 aromatic heterocycles. The molecule has 35 heteroatoms. The van der Waals surface area contributed by atoms with Gasteiger partial charge in [0.15, 0.2) is 0 Å². The van der Waals surface area contributed by atoms with Gasteiger partial charge in [-0.3, -0.25) is 72.1 Å². The first-order chi connectivity index (χ1) is 47.9. The lowest BCUT2D eigenvalue weighted by Gasteiger charge is -2.30. The van der Waals surface area contributed by atoms with Gasteiger partial charge in [0.1, 0.15) is 66.5 Å². The molecule has 560 valence electrons. The summed E-state index contributed by atoms with van der Waals surface area (Å²) in [6.07, 6.45) is -0.143. The van der Waals surface area contributed by atoms with Crippen molar-refractivity contribution in [2.75, 3.05) is 25.4 Å². The van der Waals surface area contributed by atoms with Gasteiger partial charge in [0.25, 0.3) is 0 Å². The molecule has 0 radical (unpaired) electrons. The lowest BCUT2D eigenvalue weighted by Crippen LogP contribution is -2.62. The number of nitrogens with zero attached hydrogens (tertiary/aromatic N) is 2. The molecule has 12 amide bonds. The van der Waals surface area contributed by atoms with E-state index in [1.807, 2.05) is 6.92 Å². The van der Waals surface area contributed by atoms with Crippen LogP contribution in [0.4, 0.5) is 0 Å². The van der Waals surface area contributed by atoms with Crippen LogP contribution >= 0.6 is 11.8 Å². The van der Waals surface area contributed by atoms with E-state index in [4.69, 9.17) is 17.2 Å². The van der Waals surface area contributed by atoms with E-state index in [1.165, 1.54) is 24.3 Å². The Morgan fingerprint density at radius 2 is 1.29 bits per heavy atom. The smallest absolute Gasteiger partial charge is 0.305 e.